The van der Waals surface area contributed by atoms with Crippen LogP contribution < -0.4 is 0 Å². The van der Waals surface area contributed by atoms with Crippen molar-refractivity contribution in [2.75, 3.05) is 13.2 Å². The second-order valence-electron chi connectivity index (χ2n) is 5.26. The Kier molecular flexibility index (Phi) is 2.88. The number of aromatic nitrogens is 3. The molecule has 1 aromatic rings. The first-order valence-electron chi connectivity index (χ1n) is 6.52. The molecule has 94 valence electrons. The normalized spacial score (nSPS) is 25.6. The standard InChI is InChI=1S/C12H20N4O/c1-15-11(13-14-12(15)9-4-5-9)7-16-6-2-3-10(16)8-17/h9-10,17H,2-8H2,1H3/t10-/m1/s1. The van der Waals surface area contributed by atoms with Crippen molar-refractivity contribution in [1.29, 1.82) is 0 Å². The molecule has 1 saturated carbocycles. The van der Waals surface area contributed by atoms with Crippen molar-refractivity contribution < 1.29 is 5.11 Å². The van der Waals surface area contributed by atoms with Gasteiger partial charge in [-0.3, -0.25) is 4.90 Å². The molecule has 0 amide bonds. The molecule has 2 heterocycles. The van der Waals surface area contributed by atoms with Gasteiger partial charge in [-0.05, 0) is 32.2 Å². The van der Waals surface area contributed by atoms with E-state index < -0.39 is 0 Å². The van der Waals surface area contributed by atoms with Crippen molar-refractivity contribution in [2.24, 2.45) is 7.05 Å². The molecule has 3 rings (SSSR count). The molecule has 1 aliphatic heterocycles. The van der Waals surface area contributed by atoms with Gasteiger partial charge in [-0.1, -0.05) is 0 Å². The molecule has 0 radical (unpaired) electrons. The van der Waals surface area contributed by atoms with E-state index in [4.69, 9.17) is 0 Å². The largest absolute Gasteiger partial charge is 0.395 e. The van der Waals surface area contributed by atoms with Crippen LogP contribution in [0.1, 0.15) is 43.3 Å². The Morgan fingerprint density at radius 3 is 2.82 bits per heavy atom. The molecule has 2 aliphatic rings. The second-order valence-corrected chi connectivity index (χ2v) is 5.26. The maximum atomic E-state index is 9.30. The van der Waals surface area contributed by atoms with Gasteiger partial charge in [-0.25, -0.2) is 0 Å². The van der Waals surface area contributed by atoms with E-state index >= 15 is 0 Å². The predicted molar refractivity (Wildman–Crippen MR) is 63.5 cm³/mol. The van der Waals surface area contributed by atoms with E-state index in [9.17, 15) is 5.11 Å². The fourth-order valence-corrected chi connectivity index (χ4v) is 2.70. The van der Waals surface area contributed by atoms with Crippen molar-refractivity contribution >= 4 is 0 Å². The monoisotopic (exact) mass is 236 g/mol. The number of hydrogen-bond acceptors (Lipinski definition) is 4. The molecule has 17 heavy (non-hydrogen) atoms. The van der Waals surface area contributed by atoms with E-state index in [1.807, 2.05) is 0 Å². The van der Waals surface area contributed by atoms with Crippen LogP contribution in [0.5, 0.6) is 0 Å². The lowest BCUT2D eigenvalue weighted by atomic mass is 10.2. The SMILES string of the molecule is Cn1c(CN2CCC[C@@H]2CO)nnc1C1CC1. The number of rotatable bonds is 4. The molecule has 1 aliphatic carbocycles. The van der Waals surface area contributed by atoms with E-state index in [-0.39, 0.29) is 6.61 Å². The first-order chi connectivity index (χ1) is 8.29. The van der Waals surface area contributed by atoms with E-state index in [2.05, 4.69) is 26.7 Å². The van der Waals surface area contributed by atoms with Crippen LogP contribution in [-0.4, -0.2) is 44.0 Å². The van der Waals surface area contributed by atoms with Crippen LogP contribution in [0.2, 0.25) is 0 Å². The minimum atomic E-state index is 0.257. The zero-order chi connectivity index (χ0) is 11.8. The molecular formula is C12H20N4O. The highest BCUT2D eigenvalue weighted by molar-refractivity contribution is 5.08. The van der Waals surface area contributed by atoms with Gasteiger partial charge in [0.2, 0.25) is 0 Å². The lowest BCUT2D eigenvalue weighted by Gasteiger charge is -2.21. The summed E-state index contributed by atoms with van der Waals surface area (Å²) in [6.07, 6.45) is 4.80. The molecule has 1 aromatic heterocycles. The van der Waals surface area contributed by atoms with Gasteiger partial charge in [0.25, 0.3) is 0 Å². The molecule has 2 fully saturated rings. The summed E-state index contributed by atoms with van der Waals surface area (Å²) in [5.74, 6) is 2.82. The smallest absolute Gasteiger partial charge is 0.146 e. The minimum Gasteiger partial charge on any atom is -0.395 e. The molecule has 1 N–H and O–H groups in total. The number of aliphatic hydroxyl groups is 1. The van der Waals surface area contributed by atoms with Gasteiger partial charge in [0, 0.05) is 19.0 Å². The molecule has 0 bridgehead atoms. The quantitative estimate of drug-likeness (QED) is 0.834. The highest BCUT2D eigenvalue weighted by atomic mass is 16.3. The Morgan fingerprint density at radius 2 is 2.12 bits per heavy atom. The lowest BCUT2D eigenvalue weighted by molar-refractivity contribution is 0.150. The van der Waals surface area contributed by atoms with Crippen molar-refractivity contribution in [2.45, 2.75) is 44.2 Å². The van der Waals surface area contributed by atoms with Gasteiger partial charge in [0.15, 0.2) is 0 Å². The van der Waals surface area contributed by atoms with E-state index in [1.165, 1.54) is 19.3 Å². The molecule has 0 aromatic carbocycles. The Hall–Kier alpha value is -0.940. The van der Waals surface area contributed by atoms with Gasteiger partial charge < -0.3 is 9.67 Å². The van der Waals surface area contributed by atoms with Crippen LogP contribution >= 0.6 is 0 Å². The van der Waals surface area contributed by atoms with Crippen LogP contribution in [0.25, 0.3) is 0 Å². The van der Waals surface area contributed by atoms with Gasteiger partial charge in [-0.15, -0.1) is 10.2 Å². The average molecular weight is 236 g/mol. The third-order valence-corrected chi connectivity index (χ3v) is 4.00. The molecule has 1 saturated heterocycles. The molecule has 1 atom stereocenters. The van der Waals surface area contributed by atoms with Crippen molar-refractivity contribution in [3.63, 3.8) is 0 Å². The van der Waals surface area contributed by atoms with Gasteiger partial charge >= 0.3 is 0 Å². The number of hydrogen-bond donors (Lipinski definition) is 1. The van der Waals surface area contributed by atoms with Crippen LogP contribution in [0, 0.1) is 0 Å². The molecule has 5 heteroatoms. The van der Waals surface area contributed by atoms with Gasteiger partial charge in [0.1, 0.15) is 11.6 Å². The van der Waals surface area contributed by atoms with Crippen LogP contribution in [0.4, 0.5) is 0 Å². The fraction of sp³-hybridized carbons (Fsp3) is 0.833. The molecule has 5 nitrogen and oxygen atoms in total. The highest BCUT2D eigenvalue weighted by Crippen LogP contribution is 2.38. The molecule has 0 spiro atoms. The molecular weight excluding hydrogens is 216 g/mol. The zero-order valence-electron chi connectivity index (χ0n) is 10.3. The fourth-order valence-electron chi connectivity index (χ4n) is 2.70. The van der Waals surface area contributed by atoms with Crippen molar-refractivity contribution in [1.82, 2.24) is 19.7 Å². The summed E-state index contributed by atoms with van der Waals surface area (Å²) in [5, 5.41) is 17.9. The van der Waals surface area contributed by atoms with E-state index in [1.54, 1.807) is 0 Å². The summed E-state index contributed by atoms with van der Waals surface area (Å²) in [4.78, 5) is 2.32. The van der Waals surface area contributed by atoms with E-state index in [0.29, 0.717) is 12.0 Å². The highest BCUT2D eigenvalue weighted by Gasteiger charge is 2.30. The summed E-state index contributed by atoms with van der Waals surface area (Å²) >= 11 is 0. The number of aliphatic hydroxyl groups excluding tert-OH is 1. The number of likely N-dealkylation sites (tertiary alicyclic amines) is 1. The maximum absolute atomic E-state index is 9.30. The lowest BCUT2D eigenvalue weighted by Crippen LogP contribution is -2.32. The zero-order valence-corrected chi connectivity index (χ0v) is 10.3. The van der Waals surface area contributed by atoms with Crippen LogP contribution in [0.3, 0.4) is 0 Å². The predicted octanol–water partition coefficient (Wildman–Crippen LogP) is 0.649. The summed E-state index contributed by atoms with van der Waals surface area (Å²) in [6, 6.07) is 0.316. The second kappa shape index (κ2) is 4.38. The topological polar surface area (TPSA) is 54.2 Å². The van der Waals surface area contributed by atoms with Gasteiger partial charge in [-0.2, -0.15) is 0 Å². The third-order valence-electron chi connectivity index (χ3n) is 4.00. The van der Waals surface area contributed by atoms with Gasteiger partial charge in [0.05, 0.1) is 13.2 Å². The maximum Gasteiger partial charge on any atom is 0.146 e. The summed E-state index contributed by atoms with van der Waals surface area (Å²) in [5.41, 5.74) is 0. The summed E-state index contributed by atoms with van der Waals surface area (Å²) in [6.45, 7) is 2.14. The Labute approximate surface area is 101 Å². The van der Waals surface area contributed by atoms with E-state index in [0.717, 1.165) is 31.2 Å². The van der Waals surface area contributed by atoms with Crippen LogP contribution in [0.15, 0.2) is 0 Å². The Morgan fingerprint density at radius 1 is 1.29 bits per heavy atom. The minimum absolute atomic E-state index is 0.257. The summed E-state index contributed by atoms with van der Waals surface area (Å²) in [7, 11) is 2.06. The third kappa shape index (κ3) is 2.09. The summed E-state index contributed by atoms with van der Waals surface area (Å²) < 4.78 is 2.14. The first kappa shape index (κ1) is 11.2. The Balaban J connectivity index is 1.71. The Bertz CT molecular complexity index is 399. The number of nitrogens with zero attached hydrogens (tertiary/aromatic N) is 4. The van der Waals surface area contributed by atoms with Crippen LogP contribution in [-0.2, 0) is 13.6 Å². The first-order valence-corrected chi connectivity index (χ1v) is 6.52. The average Bonchev–Trinajstić information content (AvgIpc) is 2.97. The molecule has 0 unspecified atom stereocenters. The van der Waals surface area contributed by atoms with Crippen molar-refractivity contribution in [3.05, 3.63) is 11.6 Å². The van der Waals surface area contributed by atoms with Crippen molar-refractivity contribution in [3.8, 4) is 0 Å².